The summed E-state index contributed by atoms with van der Waals surface area (Å²) in [6.07, 6.45) is 0. The monoisotopic (exact) mass is 411 g/mol. The van der Waals surface area contributed by atoms with E-state index in [-0.39, 0.29) is 17.1 Å². The van der Waals surface area contributed by atoms with Gasteiger partial charge in [0, 0.05) is 11.3 Å². The molecule has 0 N–H and O–H groups in total. The minimum Gasteiger partial charge on any atom is -0.497 e. The second kappa shape index (κ2) is 8.33. The first-order valence-electron chi connectivity index (χ1n) is 9.37. The van der Waals surface area contributed by atoms with Crippen molar-refractivity contribution in [2.45, 2.75) is 32.9 Å². The van der Waals surface area contributed by atoms with E-state index in [1.54, 1.807) is 25.3 Å². The summed E-state index contributed by atoms with van der Waals surface area (Å²) in [4.78, 5) is 28.6. The highest BCUT2D eigenvalue weighted by Crippen LogP contribution is 2.43. The van der Waals surface area contributed by atoms with Crippen molar-refractivity contribution in [3.8, 4) is 11.5 Å². The van der Waals surface area contributed by atoms with Crippen LogP contribution in [0, 0.1) is 13.8 Å². The van der Waals surface area contributed by atoms with Gasteiger partial charge in [0.05, 0.1) is 30.4 Å². The molecule has 152 valence electrons. The number of imide groups is 1. The van der Waals surface area contributed by atoms with Crippen LogP contribution in [0.1, 0.15) is 30.5 Å². The van der Waals surface area contributed by atoms with Gasteiger partial charge < -0.3 is 9.47 Å². The fourth-order valence-corrected chi connectivity index (χ4v) is 4.36. The lowest BCUT2D eigenvalue weighted by molar-refractivity contribution is -0.119. The van der Waals surface area contributed by atoms with Crippen LogP contribution < -0.4 is 14.4 Å². The quantitative estimate of drug-likeness (QED) is 0.642. The molecule has 0 spiro atoms. The first-order chi connectivity index (χ1) is 13.8. The van der Waals surface area contributed by atoms with Crippen molar-refractivity contribution < 1.29 is 19.1 Å². The van der Waals surface area contributed by atoms with Crippen LogP contribution in [0.25, 0.3) is 5.57 Å². The summed E-state index contributed by atoms with van der Waals surface area (Å²) in [6.45, 7) is 7.97. The number of carbonyl (C=O) groups excluding carboxylic acids is 2. The second-order valence-corrected chi connectivity index (χ2v) is 8.76. The van der Waals surface area contributed by atoms with Gasteiger partial charge in [-0.25, -0.2) is 4.90 Å². The van der Waals surface area contributed by atoms with E-state index in [0.29, 0.717) is 27.7 Å². The summed E-state index contributed by atoms with van der Waals surface area (Å²) in [5, 5.41) is 0.148. The Morgan fingerprint density at radius 2 is 1.66 bits per heavy atom. The number of hydrogen-bond acceptors (Lipinski definition) is 5. The Morgan fingerprint density at radius 1 is 0.931 bits per heavy atom. The van der Waals surface area contributed by atoms with Gasteiger partial charge in [0.25, 0.3) is 11.8 Å². The summed E-state index contributed by atoms with van der Waals surface area (Å²) < 4.78 is 10.7. The summed E-state index contributed by atoms with van der Waals surface area (Å²) in [6, 6.07) is 11.0. The van der Waals surface area contributed by atoms with Crippen LogP contribution in [-0.2, 0) is 9.59 Å². The van der Waals surface area contributed by atoms with E-state index in [0.717, 1.165) is 16.7 Å². The van der Waals surface area contributed by atoms with E-state index in [2.05, 4.69) is 0 Å². The number of amides is 2. The number of benzene rings is 2. The fourth-order valence-electron chi connectivity index (χ4n) is 3.38. The molecule has 3 rings (SSSR count). The molecule has 6 heteroatoms. The first-order valence-corrected chi connectivity index (χ1v) is 10.3. The molecule has 0 aliphatic carbocycles. The summed E-state index contributed by atoms with van der Waals surface area (Å²) in [7, 11) is 3.05. The SMILES string of the molecule is COc1ccc(OC)c(N2C(=O)C(SC(C)C)=C(c3ccc(C)cc3C)C2=O)c1. The van der Waals surface area contributed by atoms with Gasteiger partial charge in [-0.3, -0.25) is 9.59 Å². The van der Waals surface area contributed by atoms with Crippen LogP contribution in [0.3, 0.4) is 0 Å². The molecule has 1 heterocycles. The Hall–Kier alpha value is -2.73. The van der Waals surface area contributed by atoms with Crippen molar-refractivity contribution >= 4 is 34.8 Å². The predicted molar refractivity (Wildman–Crippen MR) is 118 cm³/mol. The molecule has 0 saturated carbocycles. The maximum absolute atomic E-state index is 13.6. The van der Waals surface area contributed by atoms with Gasteiger partial charge in [-0.1, -0.05) is 37.6 Å². The molecule has 0 bridgehead atoms. The zero-order chi connectivity index (χ0) is 21.3. The van der Waals surface area contributed by atoms with Crippen LogP contribution in [0.2, 0.25) is 0 Å². The molecule has 0 aromatic heterocycles. The van der Waals surface area contributed by atoms with E-state index >= 15 is 0 Å². The van der Waals surface area contributed by atoms with Gasteiger partial charge in [0.15, 0.2) is 0 Å². The van der Waals surface area contributed by atoms with Crippen molar-refractivity contribution in [1.29, 1.82) is 0 Å². The molecule has 29 heavy (non-hydrogen) atoms. The number of carbonyl (C=O) groups is 2. The number of rotatable bonds is 6. The lowest BCUT2D eigenvalue weighted by Gasteiger charge is -2.19. The van der Waals surface area contributed by atoms with Crippen LogP contribution in [0.4, 0.5) is 5.69 Å². The van der Waals surface area contributed by atoms with Gasteiger partial charge >= 0.3 is 0 Å². The zero-order valence-electron chi connectivity index (χ0n) is 17.5. The van der Waals surface area contributed by atoms with Crippen LogP contribution >= 0.6 is 11.8 Å². The van der Waals surface area contributed by atoms with Crippen molar-refractivity contribution in [2.24, 2.45) is 0 Å². The summed E-state index contributed by atoms with van der Waals surface area (Å²) >= 11 is 1.41. The zero-order valence-corrected chi connectivity index (χ0v) is 18.3. The molecule has 5 nitrogen and oxygen atoms in total. The normalized spacial score (nSPS) is 14.2. The van der Waals surface area contributed by atoms with E-state index in [9.17, 15) is 9.59 Å². The largest absolute Gasteiger partial charge is 0.497 e. The number of aryl methyl sites for hydroxylation is 2. The Balaban J connectivity index is 2.19. The summed E-state index contributed by atoms with van der Waals surface area (Å²) in [5.74, 6) is 0.287. The van der Waals surface area contributed by atoms with Gasteiger partial charge in [-0.2, -0.15) is 0 Å². The third-order valence-electron chi connectivity index (χ3n) is 4.67. The molecule has 1 aliphatic rings. The molecular formula is C23H25NO4S. The molecule has 2 aromatic carbocycles. The Morgan fingerprint density at radius 3 is 2.24 bits per heavy atom. The molecule has 2 amide bonds. The highest BCUT2D eigenvalue weighted by Gasteiger charge is 2.42. The van der Waals surface area contributed by atoms with Crippen molar-refractivity contribution in [1.82, 2.24) is 0 Å². The standard InChI is InChI=1S/C23H25NO4S/c1-13(2)29-21-20(17-9-7-14(3)11-15(17)4)22(25)24(23(21)26)18-12-16(27-5)8-10-19(18)28-6/h7-13H,1-6H3. The molecule has 0 fully saturated rings. The van der Waals surface area contributed by atoms with Gasteiger partial charge in [-0.15, -0.1) is 11.8 Å². The van der Waals surface area contributed by atoms with E-state index in [1.807, 2.05) is 45.9 Å². The Labute approximate surface area is 175 Å². The smallest absolute Gasteiger partial charge is 0.272 e. The number of thioether (sulfide) groups is 1. The molecule has 1 aliphatic heterocycles. The van der Waals surface area contributed by atoms with Crippen molar-refractivity contribution in [3.63, 3.8) is 0 Å². The average Bonchev–Trinajstić information content (AvgIpc) is 2.91. The van der Waals surface area contributed by atoms with Crippen LogP contribution in [0.15, 0.2) is 41.3 Å². The van der Waals surface area contributed by atoms with Gasteiger partial charge in [0.1, 0.15) is 11.5 Å². The molecule has 2 aromatic rings. The number of nitrogens with zero attached hydrogens (tertiary/aromatic N) is 1. The number of methoxy groups -OCH3 is 2. The molecule has 0 atom stereocenters. The number of ether oxygens (including phenoxy) is 2. The Kier molecular flexibility index (Phi) is 6.03. The van der Waals surface area contributed by atoms with E-state index < -0.39 is 0 Å². The fraction of sp³-hybridized carbons (Fsp3) is 0.304. The second-order valence-electron chi connectivity index (χ2n) is 7.17. The van der Waals surface area contributed by atoms with Crippen molar-refractivity contribution in [2.75, 3.05) is 19.1 Å². The first kappa shape index (κ1) is 21.0. The highest BCUT2D eigenvalue weighted by molar-refractivity contribution is 8.04. The minimum atomic E-state index is -0.350. The lowest BCUT2D eigenvalue weighted by atomic mass is 9.98. The van der Waals surface area contributed by atoms with Crippen LogP contribution in [-0.4, -0.2) is 31.3 Å². The van der Waals surface area contributed by atoms with Crippen LogP contribution in [0.5, 0.6) is 11.5 Å². The van der Waals surface area contributed by atoms with E-state index in [4.69, 9.17) is 9.47 Å². The summed E-state index contributed by atoms with van der Waals surface area (Å²) in [5.41, 5.74) is 3.66. The third kappa shape index (κ3) is 3.90. The molecule has 0 saturated heterocycles. The molecule has 0 unspecified atom stereocenters. The maximum Gasteiger partial charge on any atom is 0.272 e. The third-order valence-corrected chi connectivity index (χ3v) is 5.76. The van der Waals surface area contributed by atoms with Gasteiger partial charge in [0.2, 0.25) is 0 Å². The predicted octanol–water partition coefficient (Wildman–Crippen LogP) is 4.75. The van der Waals surface area contributed by atoms with Gasteiger partial charge in [-0.05, 0) is 37.1 Å². The Bertz CT molecular complexity index is 1010. The van der Waals surface area contributed by atoms with E-state index in [1.165, 1.54) is 23.8 Å². The number of anilines is 1. The van der Waals surface area contributed by atoms with Crippen molar-refractivity contribution in [3.05, 3.63) is 58.0 Å². The lowest BCUT2D eigenvalue weighted by Crippen LogP contribution is -2.31. The average molecular weight is 412 g/mol. The molecule has 0 radical (unpaired) electrons. The minimum absolute atomic E-state index is 0.148. The maximum atomic E-state index is 13.6. The highest BCUT2D eigenvalue weighted by atomic mass is 32.2. The number of hydrogen-bond donors (Lipinski definition) is 0. The topological polar surface area (TPSA) is 55.8 Å². The molecular weight excluding hydrogens is 386 g/mol.